The average molecular weight is 370 g/mol. The summed E-state index contributed by atoms with van der Waals surface area (Å²) in [5, 5.41) is 7.58. The molecule has 0 unspecified atom stereocenters. The fraction of sp³-hybridized carbons (Fsp3) is 0.706. The third kappa shape index (κ3) is 4.15. The number of nitrogens with one attached hydrogen (secondary N) is 1. The van der Waals surface area contributed by atoms with Gasteiger partial charge in [0.25, 0.3) is 0 Å². The van der Waals surface area contributed by atoms with Crippen molar-refractivity contribution in [3.8, 4) is 0 Å². The van der Waals surface area contributed by atoms with Crippen LogP contribution in [0.5, 0.6) is 0 Å². The molecule has 2 amide bonds. The highest BCUT2D eigenvalue weighted by molar-refractivity contribution is 5.85. The lowest BCUT2D eigenvalue weighted by Crippen LogP contribution is -2.53. The smallest absolute Gasteiger partial charge is 0.227 e. The third-order valence-corrected chi connectivity index (χ3v) is 5.08. The van der Waals surface area contributed by atoms with Gasteiger partial charge in [-0.15, -0.1) is 12.4 Å². The van der Waals surface area contributed by atoms with Crippen molar-refractivity contribution >= 4 is 24.2 Å². The lowest BCUT2D eigenvalue weighted by Gasteiger charge is -2.37. The summed E-state index contributed by atoms with van der Waals surface area (Å²) in [5.74, 6) is 0.535. The number of aromatic nitrogens is 2. The van der Waals surface area contributed by atoms with Gasteiger partial charge < -0.3 is 15.1 Å². The van der Waals surface area contributed by atoms with Crippen molar-refractivity contribution in [1.82, 2.24) is 24.9 Å². The lowest BCUT2D eigenvalue weighted by atomic mass is 9.89. The maximum absolute atomic E-state index is 13.0. The highest BCUT2D eigenvalue weighted by Gasteiger charge is 2.38. The first kappa shape index (κ1) is 19.7. The summed E-state index contributed by atoms with van der Waals surface area (Å²) in [4.78, 5) is 28.8. The standard InChI is InChI=1S/C17H27N5O2.ClH/c1-12(2)16(23)21-4-6-22(7-5-21)17(24)15-10-18-9-14(15)13-8-19-20(3)11-13;/h8,11-12,14-15,18H,4-7,9-10H2,1-3H3;1H/t14-,15+;/m1./s1. The van der Waals surface area contributed by atoms with Crippen LogP contribution in [-0.2, 0) is 16.6 Å². The van der Waals surface area contributed by atoms with E-state index in [0.29, 0.717) is 32.7 Å². The molecule has 0 bridgehead atoms. The Bertz CT molecular complexity index is 610. The molecule has 140 valence electrons. The van der Waals surface area contributed by atoms with Gasteiger partial charge in [0.1, 0.15) is 0 Å². The van der Waals surface area contributed by atoms with E-state index < -0.39 is 0 Å². The number of aryl methyl sites for hydroxylation is 1. The molecule has 2 aliphatic rings. The molecule has 7 nitrogen and oxygen atoms in total. The fourth-order valence-electron chi connectivity index (χ4n) is 3.67. The van der Waals surface area contributed by atoms with E-state index in [1.54, 1.807) is 4.68 Å². The normalized spacial score (nSPS) is 23.7. The highest BCUT2D eigenvalue weighted by atomic mass is 35.5. The Morgan fingerprint density at radius 1 is 1.16 bits per heavy atom. The molecule has 3 heterocycles. The zero-order valence-corrected chi connectivity index (χ0v) is 16.0. The number of amides is 2. The average Bonchev–Trinajstić information content (AvgIpc) is 3.22. The van der Waals surface area contributed by atoms with Crippen LogP contribution in [0.3, 0.4) is 0 Å². The summed E-state index contributed by atoms with van der Waals surface area (Å²) < 4.78 is 1.78. The Kier molecular flexibility index (Phi) is 6.46. The third-order valence-electron chi connectivity index (χ3n) is 5.08. The first-order valence-corrected chi connectivity index (χ1v) is 8.74. The molecule has 1 aromatic rings. The Balaban J connectivity index is 0.00000225. The number of hydrogen-bond donors (Lipinski definition) is 1. The number of rotatable bonds is 3. The molecule has 2 aliphatic heterocycles. The molecule has 1 aromatic heterocycles. The van der Waals surface area contributed by atoms with Crippen molar-refractivity contribution in [2.24, 2.45) is 18.9 Å². The van der Waals surface area contributed by atoms with Crippen molar-refractivity contribution in [2.75, 3.05) is 39.3 Å². The molecule has 0 aromatic carbocycles. The van der Waals surface area contributed by atoms with E-state index in [0.717, 1.165) is 12.1 Å². The van der Waals surface area contributed by atoms with Crippen LogP contribution in [0.4, 0.5) is 0 Å². The van der Waals surface area contributed by atoms with Gasteiger partial charge in [-0.3, -0.25) is 14.3 Å². The van der Waals surface area contributed by atoms with Gasteiger partial charge in [-0.1, -0.05) is 13.8 Å². The molecule has 8 heteroatoms. The molecule has 1 N–H and O–H groups in total. The Morgan fingerprint density at radius 2 is 1.80 bits per heavy atom. The van der Waals surface area contributed by atoms with Gasteiger partial charge >= 0.3 is 0 Å². The van der Waals surface area contributed by atoms with Crippen molar-refractivity contribution in [2.45, 2.75) is 19.8 Å². The molecular formula is C17H28ClN5O2. The molecule has 0 aliphatic carbocycles. The van der Waals surface area contributed by atoms with E-state index in [2.05, 4.69) is 10.4 Å². The first-order valence-electron chi connectivity index (χ1n) is 8.74. The summed E-state index contributed by atoms with van der Waals surface area (Å²) in [6, 6.07) is 0. The van der Waals surface area contributed by atoms with E-state index in [9.17, 15) is 9.59 Å². The predicted molar refractivity (Wildman–Crippen MR) is 97.6 cm³/mol. The summed E-state index contributed by atoms with van der Waals surface area (Å²) in [6.07, 6.45) is 3.86. The van der Waals surface area contributed by atoms with Crippen LogP contribution < -0.4 is 5.32 Å². The van der Waals surface area contributed by atoms with Crippen LogP contribution in [0.15, 0.2) is 12.4 Å². The van der Waals surface area contributed by atoms with E-state index in [1.165, 1.54) is 0 Å². The zero-order valence-electron chi connectivity index (χ0n) is 15.1. The van der Waals surface area contributed by atoms with Gasteiger partial charge in [-0.25, -0.2) is 0 Å². The minimum absolute atomic E-state index is 0. The maximum Gasteiger partial charge on any atom is 0.227 e. The molecular weight excluding hydrogens is 342 g/mol. The van der Waals surface area contributed by atoms with Crippen LogP contribution in [0, 0.1) is 11.8 Å². The van der Waals surface area contributed by atoms with E-state index in [4.69, 9.17) is 0 Å². The minimum Gasteiger partial charge on any atom is -0.339 e. The van der Waals surface area contributed by atoms with Gasteiger partial charge in [0.05, 0.1) is 12.1 Å². The zero-order chi connectivity index (χ0) is 17.3. The molecule has 25 heavy (non-hydrogen) atoms. The molecule has 0 saturated carbocycles. The lowest BCUT2D eigenvalue weighted by molar-refractivity contribution is -0.143. The topological polar surface area (TPSA) is 70.5 Å². The first-order chi connectivity index (χ1) is 11.5. The number of hydrogen-bond acceptors (Lipinski definition) is 4. The van der Waals surface area contributed by atoms with E-state index in [1.807, 2.05) is 43.1 Å². The van der Waals surface area contributed by atoms with E-state index >= 15 is 0 Å². The molecule has 2 atom stereocenters. The SMILES string of the molecule is CC(C)C(=O)N1CCN(C(=O)[C@H]2CNC[C@@H]2c2cnn(C)c2)CC1.Cl. The largest absolute Gasteiger partial charge is 0.339 e. The fourth-order valence-corrected chi connectivity index (χ4v) is 3.67. The van der Waals surface area contributed by atoms with Crippen molar-refractivity contribution < 1.29 is 9.59 Å². The Morgan fingerprint density at radius 3 is 2.36 bits per heavy atom. The van der Waals surface area contributed by atoms with Gasteiger partial charge in [0.15, 0.2) is 0 Å². The van der Waals surface area contributed by atoms with E-state index in [-0.39, 0.29) is 42.0 Å². The molecule has 2 saturated heterocycles. The number of piperazine rings is 1. The Hall–Kier alpha value is -1.60. The monoisotopic (exact) mass is 369 g/mol. The van der Waals surface area contributed by atoms with Gasteiger partial charge in [-0.2, -0.15) is 5.10 Å². The van der Waals surface area contributed by atoms with Gasteiger partial charge in [0.2, 0.25) is 11.8 Å². The second-order valence-electron chi connectivity index (χ2n) is 7.12. The van der Waals surface area contributed by atoms with Crippen molar-refractivity contribution in [3.63, 3.8) is 0 Å². The Labute approximate surface area is 155 Å². The summed E-state index contributed by atoms with van der Waals surface area (Å²) in [5.41, 5.74) is 1.12. The van der Waals surface area contributed by atoms with Gasteiger partial charge in [0, 0.05) is 64.3 Å². The molecule has 2 fully saturated rings. The second kappa shape index (κ2) is 8.19. The number of nitrogens with zero attached hydrogens (tertiary/aromatic N) is 4. The number of halogens is 1. The summed E-state index contributed by atoms with van der Waals surface area (Å²) in [6.45, 7) is 7.91. The van der Waals surface area contributed by atoms with Crippen LogP contribution in [0.2, 0.25) is 0 Å². The van der Waals surface area contributed by atoms with Crippen LogP contribution in [-0.4, -0.2) is 70.7 Å². The minimum atomic E-state index is -0.0402. The molecule has 0 radical (unpaired) electrons. The number of carbonyl (C=O) groups is 2. The molecule has 3 rings (SSSR count). The number of carbonyl (C=O) groups excluding carboxylic acids is 2. The quantitative estimate of drug-likeness (QED) is 0.841. The van der Waals surface area contributed by atoms with Crippen LogP contribution in [0.1, 0.15) is 25.3 Å². The van der Waals surface area contributed by atoms with Crippen molar-refractivity contribution in [3.05, 3.63) is 18.0 Å². The molecule has 0 spiro atoms. The van der Waals surface area contributed by atoms with Crippen LogP contribution >= 0.6 is 12.4 Å². The summed E-state index contributed by atoms with van der Waals surface area (Å²) in [7, 11) is 1.90. The second-order valence-corrected chi connectivity index (χ2v) is 7.12. The highest BCUT2D eigenvalue weighted by Crippen LogP contribution is 2.29. The predicted octanol–water partition coefficient (Wildman–Crippen LogP) is 0.472. The maximum atomic E-state index is 13.0. The summed E-state index contributed by atoms with van der Waals surface area (Å²) >= 11 is 0. The van der Waals surface area contributed by atoms with Crippen molar-refractivity contribution in [1.29, 1.82) is 0 Å². The van der Waals surface area contributed by atoms with Crippen LogP contribution in [0.25, 0.3) is 0 Å². The van der Waals surface area contributed by atoms with Gasteiger partial charge in [-0.05, 0) is 5.56 Å².